The van der Waals surface area contributed by atoms with Crippen LogP contribution in [0.2, 0.25) is 0 Å². The molecule has 0 radical (unpaired) electrons. The van der Waals surface area contributed by atoms with Crippen LogP contribution in [0.4, 0.5) is 0 Å². The first-order chi connectivity index (χ1) is 4.18. The molecule has 0 saturated heterocycles. The molecule has 0 amide bonds. The van der Waals surface area contributed by atoms with Crippen molar-refractivity contribution in [2.24, 2.45) is 5.73 Å². The molecule has 1 nitrogen and oxygen atoms in total. The fraction of sp³-hybridized carbons (Fsp3) is 0.750. The molecule has 0 aromatic carbocycles. The molecule has 0 aliphatic heterocycles. The number of hydrogen-bond acceptors (Lipinski definition) is 1. The third-order valence-electron chi connectivity index (χ3n) is 1.47. The van der Waals surface area contributed by atoms with Gasteiger partial charge in [0, 0.05) is 6.04 Å². The van der Waals surface area contributed by atoms with Crippen LogP contribution < -0.4 is 5.73 Å². The molecule has 1 atom stereocenters. The maximum absolute atomic E-state index is 5.61. The van der Waals surface area contributed by atoms with Gasteiger partial charge in [0.2, 0.25) is 0 Å². The molecule has 0 heterocycles. The van der Waals surface area contributed by atoms with E-state index in [1.54, 1.807) is 0 Å². The summed E-state index contributed by atoms with van der Waals surface area (Å²) >= 11 is 0. The summed E-state index contributed by atoms with van der Waals surface area (Å²) in [5.74, 6) is 0. The van der Waals surface area contributed by atoms with Crippen molar-refractivity contribution in [2.45, 2.75) is 39.7 Å². The second-order valence-electron chi connectivity index (χ2n) is 2.53. The van der Waals surface area contributed by atoms with Gasteiger partial charge in [-0.15, -0.1) is 0 Å². The summed E-state index contributed by atoms with van der Waals surface area (Å²) in [6.45, 7) is 6.27. The molecule has 0 spiro atoms. The largest absolute Gasteiger partial charge is 0.324 e. The summed E-state index contributed by atoms with van der Waals surface area (Å²) in [6, 6.07) is 0.233. The van der Waals surface area contributed by atoms with Crippen LogP contribution >= 0.6 is 0 Å². The lowest BCUT2D eigenvalue weighted by Gasteiger charge is -2.03. The van der Waals surface area contributed by atoms with Gasteiger partial charge in [-0.3, -0.25) is 0 Å². The molecule has 0 fully saturated rings. The van der Waals surface area contributed by atoms with Gasteiger partial charge in [0.25, 0.3) is 0 Å². The van der Waals surface area contributed by atoms with Gasteiger partial charge in [-0.2, -0.15) is 0 Å². The van der Waals surface area contributed by atoms with Gasteiger partial charge in [-0.25, -0.2) is 0 Å². The van der Waals surface area contributed by atoms with Gasteiger partial charge in [0.1, 0.15) is 0 Å². The van der Waals surface area contributed by atoms with E-state index < -0.39 is 0 Å². The number of nitrogens with two attached hydrogens (primary N) is 1. The van der Waals surface area contributed by atoms with E-state index in [1.165, 1.54) is 12.0 Å². The maximum Gasteiger partial charge on any atom is 0.0222 e. The Morgan fingerprint density at radius 3 is 2.56 bits per heavy atom. The highest BCUT2D eigenvalue weighted by molar-refractivity contribution is 5.04. The zero-order valence-electron chi connectivity index (χ0n) is 6.65. The highest BCUT2D eigenvalue weighted by Crippen LogP contribution is 2.00. The highest BCUT2D eigenvalue weighted by Gasteiger charge is 1.92. The summed E-state index contributed by atoms with van der Waals surface area (Å²) in [6.07, 6.45) is 4.59. The van der Waals surface area contributed by atoms with Crippen molar-refractivity contribution in [2.75, 3.05) is 0 Å². The Morgan fingerprint density at radius 2 is 2.22 bits per heavy atom. The first kappa shape index (κ1) is 8.70. The van der Waals surface area contributed by atoms with Gasteiger partial charge in [0.15, 0.2) is 0 Å². The van der Waals surface area contributed by atoms with Gasteiger partial charge in [0.05, 0.1) is 0 Å². The molecular formula is C8H17N. The minimum Gasteiger partial charge on any atom is -0.324 e. The molecule has 0 rings (SSSR count). The molecule has 0 aliphatic carbocycles. The molecule has 0 bridgehead atoms. The van der Waals surface area contributed by atoms with Crippen LogP contribution in [0, 0.1) is 0 Å². The van der Waals surface area contributed by atoms with Gasteiger partial charge in [-0.05, 0) is 20.3 Å². The van der Waals surface area contributed by atoms with Crippen LogP contribution in [0.15, 0.2) is 11.6 Å². The van der Waals surface area contributed by atoms with E-state index in [-0.39, 0.29) is 6.04 Å². The van der Waals surface area contributed by atoms with Gasteiger partial charge in [-0.1, -0.05) is 25.0 Å². The summed E-state index contributed by atoms with van der Waals surface area (Å²) in [7, 11) is 0. The Labute approximate surface area is 57.9 Å². The van der Waals surface area contributed by atoms with Crippen molar-refractivity contribution in [3.8, 4) is 0 Å². The molecule has 0 aliphatic rings. The normalized spacial score (nSPS) is 15.8. The molecule has 0 aromatic heterocycles. The fourth-order valence-corrected chi connectivity index (χ4v) is 0.558. The van der Waals surface area contributed by atoms with E-state index in [4.69, 9.17) is 5.73 Å². The quantitative estimate of drug-likeness (QED) is 0.577. The van der Waals surface area contributed by atoms with Gasteiger partial charge >= 0.3 is 0 Å². The van der Waals surface area contributed by atoms with Crippen LogP contribution in [0.1, 0.15) is 33.6 Å². The molecular weight excluding hydrogens is 110 g/mol. The third kappa shape index (κ3) is 4.22. The lowest BCUT2D eigenvalue weighted by Crippen LogP contribution is -2.15. The second kappa shape index (κ2) is 4.57. The lowest BCUT2D eigenvalue weighted by molar-refractivity contribution is 0.838. The standard InChI is InChI=1S/C8H17N/c1-4-5-6-7(2)8(3)9/h6,8H,4-5,9H2,1-3H3/b7-6+. The van der Waals surface area contributed by atoms with Crippen LogP contribution in [-0.2, 0) is 0 Å². The number of hydrogen-bond donors (Lipinski definition) is 1. The summed E-state index contributed by atoms with van der Waals surface area (Å²) < 4.78 is 0. The predicted molar refractivity (Wildman–Crippen MR) is 42.3 cm³/mol. The van der Waals surface area contributed by atoms with Crippen molar-refractivity contribution in [3.63, 3.8) is 0 Å². The number of unbranched alkanes of at least 4 members (excludes halogenated alkanes) is 1. The van der Waals surface area contributed by atoms with Crippen molar-refractivity contribution < 1.29 is 0 Å². The minimum atomic E-state index is 0.233. The summed E-state index contributed by atoms with van der Waals surface area (Å²) in [4.78, 5) is 0. The lowest BCUT2D eigenvalue weighted by atomic mass is 10.1. The summed E-state index contributed by atoms with van der Waals surface area (Å²) in [5, 5.41) is 0. The SMILES string of the molecule is CCC/C=C(\C)C(C)N. The molecule has 2 N–H and O–H groups in total. The van der Waals surface area contributed by atoms with Crippen LogP contribution in [0.25, 0.3) is 0 Å². The van der Waals surface area contributed by atoms with E-state index in [9.17, 15) is 0 Å². The number of rotatable bonds is 3. The Morgan fingerprint density at radius 1 is 1.67 bits per heavy atom. The van der Waals surface area contributed by atoms with E-state index >= 15 is 0 Å². The van der Waals surface area contributed by atoms with Gasteiger partial charge < -0.3 is 5.73 Å². The molecule has 9 heavy (non-hydrogen) atoms. The summed E-state index contributed by atoms with van der Waals surface area (Å²) in [5.41, 5.74) is 6.91. The molecule has 1 heteroatoms. The van der Waals surface area contributed by atoms with Crippen molar-refractivity contribution >= 4 is 0 Å². The first-order valence-corrected chi connectivity index (χ1v) is 3.60. The topological polar surface area (TPSA) is 26.0 Å². The third-order valence-corrected chi connectivity index (χ3v) is 1.47. The average molecular weight is 127 g/mol. The first-order valence-electron chi connectivity index (χ1n) is 3.60. The van der Waals surface area contributed by atoms with Crippen LogP contribution in [0.3, 0.4) is 0 Å². The monoisotopic (exact) mass is 127 g/mol. The molecule has 1 unspecified atom stereocenters. The Kier molecular flexibility index (Phi) is 4.41. The highest BCUT2D eigenvalue weighted by atomic mass is 14.6. The Balaban J connectivity index is 3.55. The average Bonchev–Trinajstić information content (AvgIpc) is 1.82. The predicted octanol–water partition coefficient (Wildman–Crippen LogP) is 2.08. The maximum atomic E-state index is 5.61. The van der Waals surface area contributed by atoms with Crippen LogP contribution in [0.5, 0.6) is 0 Å². The number of allylic oxidation sites excluding steroid dienone is 1. The van der Waals surface area contributed by atoms with Crippen molar-refractivity contribution in [1.29, 1.82) is 0 Å². The molecule has 0 aromatic rings. The fourth-order valence-electron chi connectivity index (χ4n) is 0.558. The molecule has 0 saturated carbocycles. The van der Waals surface area contributed by atoms with E-state index in [1.807, 2.05) is 6.92 Å². The zero-order chi connectivity index (χ0) is 7.28. The smallest absolute Gasteiger partial charge is 0.0222 e. The minimum absolute atomic E-state index is 0.233. The van der Waals surface area contributed by atoms with E-state index in [2.05, 4.69) is 19.9 Å². The second-order valence-corrected chi connectivity index (χ2v) is 2.53. The van der Waals surface area contributed by atoms with Crippen molar-refractivity contribution in [1.82, 2.24) is 0 Å². The van der Waals surface area contributed by atoms with Crippen molar-refractivity contribution in [3.05, 3.63) is 11.6 Å². The van der Waals surface area contributed by atoms with Crippen LogP contribution in [-0.4, -0.2) is 6.04 Å². The molecule has 54 valence electrons. The Hall–Kier alpha value is -0.300. The Bertz CT molecular complexity index is 92.7. The van der Waals surface area contributed by atoms with E-state index in [0.29, 0.717) is 0 Å². The van der Waals surface area contributed by atoms with E-state index in [0.717, 1.165) is 6.42 Å². The zero-order valence-corrected chi connectivity index (χ0v) is 6.65.